The number of amides is 1. The lowest BCUT2D eigenvalue weighted by atomic mass is 10.00. The third-order valence-electron chi connectivity index (χ3n) is 4.30. The molecule has 0 bridgehead atoms. The van der Waals surface area contributed by atoms with Crippen LogP contribution in [0.1, 0.15) is 30.9 Å². The summed E-state index contributed by atoms with van der Waals surface area (Å²) in [5, 5.41) is 3.18. The normalized spacial score (nSPS) is 14.4. The van der Waals surface area contributed by atoms with Gasteiger partial charge < -0.3 is 15.1 Å². The fraction of sp³-hybridized carbons (Fsp3) is 0.556. The Morgan fingerprint density at radius 2 is 2.09 bits per heavy atom. The van der Waals surface area contributed by atoms with E-state index in [2.05, 4.69) is 40.3 Å². The summed E-state index contributed by atoms with van der Waals surface area (Å²) in [5.74, 6) is 0.911. The SMILES string of the molecule is CCCCN(C)C(=NC)NCC(=O)N1CCc2ccccc2C1. The van der Waals surface area contributed by atoms with Crippen LogP contribution in [0.15, 0.2) is 29.3 Å². The van der Waals surface area contributed by atoms with E-state index in [1.165, 1.54) is 11.1 Å². The van der Waals surface area contributed by atoms with Gasteiger partial charge in [0.2, 0.25) is 5.91 Å². The Balaban J connectivity index is 1.85. The second kappa shape index (κ2) is 8.56. The average molecular weight is 316 g/mol. The van der Waals surface area contributed by atoms with Crippen LogP contribution < -0.4 is 5.32 Å². The molecule has 23 heavy (non-hydrogen) atoms. The van der Waals surface area contributed by atoms with Crippen molar-refractivity contribution in [2.45, 2.75) is 32.7 Å². The Kier molecular flexibility index (Phi) is 6.44. The number of aliphatic imine (C=N–C) groups is 1. The summed E-state index contributed by atoms with van der Waals surface area (Å²) in [7, 11) is 3.76. The van der Waals surface area contributed by atoms with Crippen molar-refractivity contribution in [2.24, 2.45) is 4.99 Å². The lowest BCUT2D eigenvalue weighted by Gasteiger charge is -2.29. The fourth-order valence-electron chi connectivity index (χ4n) is 2.86. The minimum Gasteiger partial charge on any atom is -0.347 e. The van der Waals surface area contributed by atoms with Crippen molar-refractivity contribution in [3.05, 3.63) is 35.4 Å². The second-order valence-corrected chi connectivity index (χ2v) is 6.01. The number of hydrogen-bond acceptors (Lipinski definition) is 2. The summed E-state index contributed by atoms with van der Waals surface area (Å²) < 4.78 is 0. The van der Waals surface area contributed by atoms with Crippen LogP contribution in [-0.2, 0) is 17.8 Å². The van der Waals surface area contributed by atoms with E-state index in [0.29, 0.717) is 13.1 Å². The van der Waals surface area contributed by atoms with Gasteiger partial charge in [-0.25, -0.2) is 0 Å². The quantitative estimate of drug-likeness (QED) is 0.666. The van der Waals surface area contributed by atoms with Crippen molar-refractivity contribution in [2.75, 3.05) is 33.7 Å². The zero-order chi connectivity index (χ0) is 16.7. The van der Waals surface area contributed by atoms with Crippen LogP contribution in [0.4, 0.5) is 0 Å². The number of nitrogens with one attached hydrogen (secondary N) is 1. The van der Waals surface area contributed by atoms with Crippen LogP contribution in [0.3, 0.4) is 0 Å². The lowest BCUT2D eigenvalue weighted by Crippen LogP contribution is -2.46. The number of nitrogens with zero attached hydrogens (tertiary/aromatic N) is 3. The molecule has 1 heterocycles. The van der Waals surface area contributed by atoms with Gasteiger partial charge >= 0.3 is 0 Å². The van der Waals surface area contributed by atoms with Crippen molar-refractivity contribution in [3.8, 4) is 0 Å². The van der Waals surface area contributed by atoms with Crippen LogP contribution in [0.2, 0.25) is 0 Å². The summed E-state index contributed by atoms with van der Waals surface area (Å²) >= 11 is 0. The van der Waals surface area contributed by atoms with Crippen molar-refractivity contribution in [3.63, 3.8) is 0 Å². The molecule has 0 fully saturated rings. The summed E-state index contributed by atoms with van der Waals surface area (Å²) in [6.45, 7) is 4.91. The van der Waals surface area contributed by atoms with Gasteiger partial charge in [0.25, 0.3) is 0 Å². The molecule has 1 aromatic rings. The standard InChI is InChI=1S/C18H28N4O/c1-4-5-11-21(3)18(19-2)20-13-17(23)22-12-10-15-8-6-7-9-16(15)14-22/h6-9H,4-5,10-14H2,1-3H3,(H,19,20). The minimum absolute atomic E-state index is 0.129. The molecule has 0 spiro atoms. The van der Waals surface area contributed by atoms with Gasteiger partial charge in [-0.1, -0.05) is 37.6 Å². The number of fused-ring (bicyclic) bond motifs is 1. The highest BCUT2D eigenvalue weighted by Crippen LogP contribution is 2.18. The van der Waals surface area contributed by atoms with Gasteiger partial charge in [-0.3, -0.25) is 9.79 Å². The number of carbonyl (C=O) groups excluding carboxylic acids is 1. The molecule has 0 unspecified atom stereocenters. The van der Waals surface area contributed by atoms with E-state index < -0.39 is 0 Å². The van der Waals surface area contributed by atoms with E-state index in [4.69, 9.17) is 0 Å². The van der Waals surface area contributed by atoms with Crippen LogP contribution in [0, 0.1) is 0 Å². The molecule has 1 aliphatic heterocycles. The third-order valence-corrected chi connectivity index (χ3v) is 4.30. The Morgan fingerprint density at radius 3 is 2.78 bits per heavy atom. The van der Waals surface area contributed by atoms with Crippen LogP contribution in [0.25, 0.3) is 0 Å². The summed E-state index contributed by atoms with van der Waals surface area (Å²) in [6.07, 6.45) is 3.20. The molecule has 126 valence electrons. The second-order valence-electron chi connectivity index (χ2n) is 6.01. The number of carbonyl (C=O) groups is 1. The highest BCUT2D eigenvalue weighted by atomic mass is 16.2. The molecule has 0 aromatic heterocycles. The first-order valence-electron chi connectivity index (χ1n) is 8.42. The lowest BCUT2D eigenvalue weighted by molar-refractivity contribution is -0.130. The Morgan fingerprint density at radius 1 is 1.35 bits per heavy atom. The molecule has 1 N–H and O–H groups in total. The zero-order valence-corrected chi connectivity index (χ0v) is 14.5. The van der Waals surface area contributed by atoms with Gasteiger partial charge in [0.15, 0.2) is 5.96 Å². The smallest absolute Gasteiger partial charge is 0.242 e. The number of unbranched alkanes of at least 4 members (excludes halogenated alkanes) is 1. The average Bonchev–Trinajstić information content (AvgIpc) is 2.59. The molecule has 5 nitrogen and oxygen atoms in total. The van der Waals surface area contributed by atoms with E-state index in [1.807, 2.05) is 18.0 Å². The van der Waals surface area contributed by atoms with Gasteiger partial charge in [-0.05, 0) is 24.0 Å². The first-order chi connectivity index (χ1) is 11.2. The van der Waals surface area contributed by atoms with E-state index in [-0.39, 0.29) is 5.91 Å². The Bertz CT molecular complexity index is 556. The summed E-state index contributed by atoms with van der Waals surface area (Å²) in [6, 6.07) is 8.36. The number of benzene rings is 1. The number of guanidine groups is 1. The first kappa shape index (κ1) is 17.3. The highest BCUT2D eigenvalue weighted by molar-refractivity contribution is 5.86. The maximum absolute atomic E-state index is 12.5. The maximum atomic E-state index is 12.5. The van der Waals surface area contributed by atoms with Crippen LogP contribution in [-0.4, -0.2) is 55.4 Å². The minimum atomic E-state index is 0.129. The molecule has 0 atom stereocenters. The van der Waals surface area contributed by atoms with Gasteiger partial charge in [0, 0.05) is 33.7 Å². The van der Waals surface area contributed by atoms with E-state index in [9.17, 15) is 4.79 Å². The number of rotatable bonds is 5. The predicted molar refractivity (Wildman–Crippen MR) is 94.5 cm³/mol. The van der Waals surface area contributed by atoms with E-state index in [1.54, 1.807) is 7.05 Å². The zero-order valence-electron chi connectivity index (χ0n) is 14.5. The van der Waals surface area contributed by atoms with Crippen molar-refractivity contribution in [1.29, 1.82) is 0 Å². The Labute approximate surface area is 139 Å². The topological polar surface area (TPSA) is 47.9 Å². The number of hydrogen-bond donors (Lipinski definition) is 1. The van der Waals surface area contributed by atoms with Gasteiger partial charge in [-0.2, -0.15) is 0 Å². The summed E-state index contributed by atoms with van der Waals surface area (Å²) in [4.78, 5) is 20.7. The highest BCUT2D eigenvalue weighted by Gasteiger charge is 2.20. The molecule has 5 heteroatoms. The molecule has 1 aromatic carbocycles. The Hall–Kier alpha value is -2.04. The predicted octanol–water partition coefficient (Wildman–Crippen LogP) is 1.88. The van der Waals surface area contributed by atoms with Crippen LogP contribution in [0.5, 0.6) is 0 Å². The molecule has 0 saturated heterocycles. The van der Waals surface area contributed by atoms with Gasteiger partial charge in [-0.15, -0.1) is 0 Å². The van der Waals surface area contributed by atoms with Crippen LogP contribution >= 0.6 is 0 Å². The van der Waals surface area contributed by atoms with E-state index in [0.717, 1.165) is 38.3 Å². The molecule has 0 saturated carbocycles. The molecule has 0 radical (unpaired) electrons. The maximum Gasteiger partial charge on any atom is 0.242 e. The summed E-state index contributed by atoms with van der Waals surface area (Å²) in [5.41, 5.74) is 2.62. The molecular formula is C18H28N4O. The first-order valence-corrected chi connectivity index (χ1v) is 8.42. The monoisotopic (exact) mass is 316 g/mol. The van der Waals surface area contributed by atoms with E-state index >= 15 is 0 Å². The fourth-order valence-corrected chi connectivity index (χ4v) is 2.86. The molecular weight excluding hydrogens is 288 g/mol. The van der Waals surface area contributed by atoms with Crippen molar-refractivity contribution < 1.29 is 4.79 Å². The third kappa shape index (κ3) is 4.71. The van der Waals surface area contributed by atoms with Gasteiger partial charge in [0.1, 0.15) is 0 Å². The van der Waals surface area contributed by atoms with Gasteiger partial charge in [0.05, 0.1) is 6.54 Å². The van der Waals surface area contributed by atoms with Crippen molar-refractivity contribution in [1.82, 2.24) is 15.1 Å². The molecule has 1 aliphatic rings. The molecule has 0 aliphatic carbocycles. The van der Waals surface area contributed by atoms with Crippen molar-refractivity contribution >= 4 is 11.9 Å². The largest absolute Gasteiger partial charge is 0.347 e. The molecule has 1 amide bonds. The molecule has 2 rings (SSSR count).